The topological polar surface area (TPSA) is 122 Å². The molecule has 0 bridgehead atoms. The highest BCUT2D eigenvalue weighted by Gasteiger charge is 2.30. The van der Waals surface area contributed by atoms with E-state index in [0.717, 1.165) is 0 Å². The van der Waals surface area contributed by atoms with Crippen molar-refractivity contribution in [2.24, 2.45) is 5.73 Å². The van der Waals surface area contributed by atoms with Gasteiger partial charge in [0.05, 0.1) is 6.54 Å². The molecule has 1 saturated heterocycles. The van der Waals surface area contributed by atoms with E-state index in [1.807, 2.05) is 0 Å². The number of nitrogens with zero attached hydrogens (tertiary/aromatic N) is 2. The van der Waals surface area contributed by atoms with Gasteiger partial charge in [-0.1, -0.05) is 0 Å². The largest absolute Gasteiger partial charge is 0.490 e. The quantitative estimate of drug-likeness (QED) is 0.659. The summed E-state index contributed by atoms with van der Waals surface area (Å²) >= 11 is 0. The lowest BCUT2D eigenvalue weighted by Gasteiger charge is -2.32. The highest BCUT2D eigenvalue weighted by molar-refractivity contribution is 7.86. The van der Waals surface area contributed by atoms with Gasteiger partial charge in [0, 0.05) is 32.7 Å². The molecule has 0 aromatic heterocycles. The lowest BCUT2D eigenvalue weighted by molar-refractivity contribution is -0.117. The van der Waals surface area contributed by atoms with Crippen molar-refractivity contribution in [2.75, 3.05) is 33.7 Å². The van der Waals surface area contributed by atoms with Gasteiger partial charge in [-0.3, -0.25) is 9.59 Å². The Balaban J connectivity index is 1.87. The average Bonchev–Trinajstić information content (AvgIpc) is 2.60. The van der Waals surface area contributed by atoms with Gasteiger partial charge in [-0.15, -0.1) is 0 Å². The zero-order valence-corrected chi connectivity index (χ0v) is 15.7. The van der Waals surface area contributed by atoms with Gasteiger partial charge < -0.3 is 15.8 Å². The van der Waals surface area contributed by atoms with Crippen LogP contribution in [0.3, 0.4) is 0 Å². The third-order valence-corrected chi connectivity index (χ3v) is 5.97. The Hall–Kier alpha value is -2.17. The van der Waals surface area contributed by atoms with Crippen molar-refractivity contribution in [1.82, 2.24) is 13.9 Å². The van der Waals surface area contributed by atoms with Crippen LogP contribution in [0.25, 0.3) is 0 Å². The van der Waals surface area contributed by atoms with E-state index in [4.69, 9.17) is 10.5 Å². The smallest absolute Gasteiger partial charge is 0.281 e. The Kier molecular flexibility index (Phi) is 6.57. The number of piperidine rings is 1. The van der Waals surface area contributed by atoms with Crippen LogP contribution in [0.5, 0.6) is 5.75 Å². The van der Waals surface area contributed by atoms with Crippen molar-refractivity contribution in [3.8, 4) is 5.75 Å². The van der Waals surface area contributed by atoms with E-state index >= 15 is 0 Å². The van der Waals surface area contributed by atoms with Crippen molar-refractivity contribution in [1.29, 1.82) is 0 Å². The van der Waals surface area contributed by atoms with Gasteiger partial charge in [0.25, 0.3) is 16.1 Å². The van der Waals surface area contributed by atoms with Crippen LogP contribution in [0, 0.1) is 0 Å². The Labute approximate surface area is 153 Å². The van der Waals surface area contributed by atoms with Crippen molar-refractivity contribution in [3.63, 3.8) is 0 Å². The van der Waals surface area contributed by atoms with Crippen LogP contribution >= 0.6 is 0 Å². The first-order valence-corrected chi connectivity index (χ1v) is 9.60. The SMILES string of the molecule is CN(C)S(=O)(=O)N1CCC(Oc2ccc(C(=O)NCC(N)=O)cc2)CC1. The van der Waals surface area contributed by atoms with E-state index in [1.165, 1.54) is 22.7 Å². The van der Waals surface area contributed by atoms with Crippen LogP contribution in [0.4, 0.5) is 0 Å². The number of primary amides is 1. The fraction of sp³-hybridized carbons (Fsp3) is 0.500. The molecule has 0 aliphatic carbocycles. The molecular weight excluding hydrogens is 360 g/mol. The van der Waals surface area contributed by atoms with Crippen molar-refractivity contribution >= 4 is 22.0 Å². The number of hydrogen-bond acceptors (Lipinski definition) is 5. The van der Waals surface area contributed by atoms with E-state index in [-0.39, 0.29) is 12.6 Å². The lowest BCUT2D eigenvalue weighted by atomic mass is 10.1. The third-order valence-electron chi connectivity index (χ3n) is 4.03. The van der Waals surface area contributed by atoms with Gasteiger partial charge in [-0.25, -0.2) is 0 Å². The molecule has 0 atom stereocenters. The zero-order valence-electron chi connectivity index (χ0n) is 14.8. The Morgan fingerprint density at radius 2 is 1.81 bits per heavy atom. The second-order valence-electron chi connectivity index (χ2n) is 6.18. The summed E-state index contributed by atoms with van der Waals surface area (Å²) in [5.41, 5.74) is 5.38. The molecule has 26 heavy (non-hydrogen) atoms. The molecule has 2 rings (SSSR count). The highest BCUT2D eigenvalue weighted by atomic mass is 32.2. The molecule has 1 fully saturated rings. The molecular formula is C16H24N4O5S. The summed E-state index contributed by atoms with van der Waals surface area (Å²) in [4.78, 5) is 22.5. The number of amides is 2. The first-order chi connectivity index (χ1) is 12.2. The number of carbonyl (C=O) groups is 2. The molecule has 1 aromatic rings. The van der Waals surface area contributed by atoms with Gasteiger partial charge in [-0.05, 0) is 37.1 Å². The van der Waals surface area contributed by atoms with Crippen molar-refractivity contribution in [2.45, 2.75) is 18.9 Å². The van der Waals surface area contributed by atoms with Gasteiger partial charge in [0.1, 0.15) is 11.9 Å². The van der Waals surface area contributed by atoms with E-state index in [0.29, 0.717) is 37.2 Å². The van der Waals surface area contributed by atoms with Crippen LogP contribution in [0.1, 0.15) is 23.2 Å². The van der Waals surface area contributed by atoms with Crippen LogP contribution in [-0.2, 0) is 15.0 Å². The molecule has 0 saturated carbocycles. The summed E-state index contributed by atoms with van der Waals surface area (Å²) in [5, 5.41) is 2.41. The summed E-state index contributed by atoms with van der Waals surface area (Å²) in [6, 6.07) is 6.53. The maximum atomic E-state index is 12.1. The molecule has 1 aliphatic heterocycles. The zero-order chi connectivity index (χ0) is 19.3. The predicted molar refractivity (Wildman–Crippen MR) is 95.8 cm³/mol. The molecule has 0 spiro atoms. The first-order valence-electron chi connectivity index (χ1n) is 8.21. The van der Waals surface area contributed by atoms with E-state index < -0.39 is 22.0 Å². The summed E-state index contributed by atoms with van der Waals surface area (Å²) in [6.45, 7) is 0.586. The molecule has 144 valence electrons. The summed E-state index contributed by atoms with van der Waals surface area (Å²) < 4.78 is 32.7. The number of rotatable bonds is 7. The molecule has 1 aromatic carbocycles. The van der Waals surface area contributed by atoms with Crippen molar-refractivity contribution in [3.05, 3.63) is 29.8 Å². The minimum Gasteiger partial charge on any atom is -0.490 e. The summed E-state index contributed by atoms with van der Waals surface area (Å²) in [7, 11) is -0.363. The number of nitrogens with one attached hydrogen (secondary N) is 1. The number of hydrogen-bond donors (Lipinski definition) is 2. The molecule has 1 aliphatic rings. The number of carbonyl (C=O) groups excluding carboxylic acids is 2. The second kappa shape index (κ2) is 8.47. The molecule has 0 unspecified atom stereocenters. The molecule has 10 heteroatoms. The molecule has 0 radical (unpaired) electrons. The standard InChI is InChI=1S/C16H24N4O5S/c1-19(2)26(23,24)20-9-7-14(8-10-20)25-13-5-3-12(4-6-13)16(22)18-11-15(17)21/h3-6,14H,7-11H2,1-2H3,(H2,17,21)(H,18,22). The lowest BCUT2D eigenvalue weighted by Crippen LogP contribution is -2.46. The fourth-order valence-corrected chi connectivity index (χ4v) is 3.69. The van der Waals surface area contributed by atoms with Gasteiger partial charge in [0.2, 0.25) is 5.91 Å². The second-order valence-corrected chi connectivity index (χ2v) is 8.32. The maximum Gasteiger partial charge on any atom is 0.281 e. The van der Waals surface area contributed by atoms with E-state index in [9.17, 15) is 18.0 Å². The normalized spacial score (nSPS) is 16.4. The Morgan fingerprint density at radius 1 is 1.23 bits per heavy atom. The van der Waals surface area contributed by atoms with Crippen LogP contribution in [0.2, 0.25) is 0 Å². The third kappa shape index (κ3) is 5.16. The minimum atomic E-state index is -3.39. The Morgan fingerprint density at radius 3 is 2.31 bits per heavy atom. The predicted octanol–water partition coefficient (Wildman–Crippen LogP) is -0.449. The fourth-order valence-electron chi connectivity index (χ4n) is 2.56. The number of nitrogens with two attached hydrogens (primary N) is 1. The van der Waals surface area contributed by atoms with Crippen LogP contribution < -0.4 is 15.8 Å². The summed E-state index contributed by atoms with van der Waals surface area (Å²) in [5.74, 6) is -0.399. The summed E-state index contributed by atoms with van der Waals surface area (Å²) in [6.07, 6.45) is 1.10. The van der Waals surface area contributed by atoms with Gasteiger partial charge in [0.15, 0.2) is 0 Å². The van der Waals surface area contributed by atoms with Crippen LogP contribution in [0.15, 0.2) is 24.3 Å². The molecule has 2 amide bonds. The molecule has 1 heterocycles. The van der Waals surface area contributed by atoms with E-state index in [2.05, 4.69) is 5.32 Å². The van der Waals surface area contributed by atoms with Crippen molar-refractivity contribution < 1.29 is 22.7 Å². The molecule has 3 N–H and O–H groups in total. The number of benzene rings is 1. The minimum absolute atomic E-state index is 0.0850. The number of ether oxygens (including phenoxy) is 1. The average molecular weight is 384 g/mol. The van der Waals surface area contributed by atoms with Gasteiger partial charge in [-0.2, -0.15) is 17.0 Å². The van der Waals surface area contributed by atoms with Gasteiger partial charge >= 0.3 is 0 Å². The highest BCUT2D eigenvalue weighted by Crippen LogP contribution is 2.21. The van der Waals surface area contributed by atoms with Crippen LogP contribution in [-0.4, -0.2) is 68.7 Å². The first kappa shape index (κ1) is 20.1. The monoisotopic (exact) mass is 384 g/mol. The maximum absolute atomic E-state index is 12.1. The Bertz CT molecular complexity index is 740. The molecule has 9 nitrogen and oxygen atoms in total. The van der Waals surface area contributed by atoms with E-state index in [1.54, 1.807) is 24.3 Å².